The summed E-state index contributed by atoms with van der Waals surface area (Å²) in [6, 6.07) is 2.28. The molecule has 1 aromatic heterocycles. The monoisotopic (exact) mass is 166 g/mol. The fraction of sp³-hybridized carbons (Fsp3) is 0.625. The molecule has 0 aliphatic carbocycles. The number of hydrogen-bond donors (Lipinski definition) is 2. The van der Waals surface area contributed by atoms with Crippen LogP contribution in [0, 0.1) is 0 Å². The highest BCUT2D eigenvalue weighted by Crippen LogP contribution is 2.20. The third-order valence-corrected chi connectivity index (χ3v) is 2.50. The maximum atomic E-state index is 5.94. The number of nitrogens with one attached hydrogen (secondary N) is 1. The summed E-state index contributed by atoms with van der Waals surface area (Å²) in [5.74, 6) is 0.428. The largest absolute Gasteiger partial charge is 0.326 e. The molecule has 4 heteroatoms. The summed E-state index contributed by atoms with van der Waals surface area (Å²) in [5, 5.41) is 7.40. The van der Waals surface area contributed by atoms with E-state index in [4.69, 9.17) is 5.73 Å². The fourth-order valence-corrected chi connectivity index (χ4v) is 1.77. The van der Waals surface area contributed by atoms with Crippen LogP contribution in [-0.2, 0) is 7.05 Å². The molecule has 1 aliphatic rings. The van der Waals surface area contributed by atoms with Crippen molar-refractivity contribution >= 4 is 0 Å². The van der Waals surface area contributed by atoms with Gasteiger partial charge in [0.25, 0.3) is 0 Å². The van der Waals surface area contributed by atoms with Gasteiger partial charge in [0.1, 0.15) is 0 Å². The quantitative estimate of drug-likeness (QED) is 0.587. The van der Waals surface area contributed by atoms with Crippen molar-refractivity contribution < 1.29 is 0 Å². The molecule has 2 heterocycles. The first kappa shape index (κ1) is 7.76. The molecule has 1 fully saturated rings. The van der Waals surface area contributed by atoms with Gasteiger partial charge in [0.05, 0.1) is 0 Å². The lowest BCUT2D eigenvalue weighted by Crippen LogP contribution is -2.28. The predicted octanol–water partition coefficient (Wildman–Crippen LogP) is -0.566. The fourth-order valence-electron chi connectivity index (χ4n) is 1.77. The molecule has 0 amide bonds. The van der Waals surface area contributed by atoms with E-state index < -0.39 is 0 Å². The van der Waals surface area contributed by atoms with E-state index in [0.29, 0.717) is 5.92 Å². The first-order chi connectivity index (χ1) is 5.79. The summed E-state index contributed by atoms with van der Waals surface area (Å²) >= 11 is 0. The van der Waals surface area contributed by atoms with Crippen LogP contribution in [0.5, 0.6) is 0 Å². The Labute approximate surface area is 71.7 Å². The third kappa shape index (κ3) is 1.13. The number of aromatic nitrogens is 2. The van der Waals surface area contributed by atoms with E-state index >= 15 is 0 Å². The van der Waals surface area contributed by atoms with Crippen molar-refractivity contribution in [2.45, 2.75) is 12.0 Å². The number of aryl methyl sites for hydroxylation is 1. The molecule has 1 aliphatic heterocycles. The summed E-state index contributed by atoms with van der Waals surface area (Å²) in [6.07, 6.45) is 1.82. The number of nitrogens with zero attached hydrogens (tertiary/aromatic N) is 2. The van der Waals surface area contributed by atoms with Crippen LogP contribution in [-0.4, -0.2) is 28.9 Å². The highest BCUT2D eigenvalue weighted by molar-refractivity contribution is 5.13. The van der Waals surface area contributed by atoms with E-state index in [-0.39, 0.29) is 6.04 Å². The second-order valence-corrected chi connectivity index (χ2v) is 3.31. The van der Waals surface area contributed by atoms with Crippen molar-refractivity contribution in [1.82, 2.24) is 15.1 Å². The number of rotatable bonds is 1. The molecule has 0 spiro atoms. The van der Waals surface area contributed by atoms with Crippen LogP contribution in [0.15, 0.2) is 12.3 Å². The lowest BCUT2D eigenvalue weighted by molar-refractivity contribution is 0.586. The van der Waals surface area contributed by atoms with Crippen molar-refractivity contribution in [1.29, 1.82) is 0 Å². The highest BCUT2D eigenvalue weighted by Gasteiger charge is 2.26. The molecule has 1 saturated heterocycles. The molecule has 4 nitrogen and oxygen atoms in total. The summed E-state index contributed by atoms with van der Waals surface area (Å²) < 4.78 is 1.90. The summed E-state index contributed by atoms with van der Waals surface area (Å²) in [6.45, 7) is 1.89. The molecule has 12 heavy (non-hydrogen) atoms. The SMILES string of the molecule is Cn1nccc1[C@@H]1CNC[C@H]1N. The highest BCUT2D eigenvalue weighted by atomic mass is 15.3. The Bertz CT molecular complexity index is 268. The first-order valence-corrected chi connectivity index (χ1v) is 4.23. The minimum Gasteiger partial charge on any atom is -0.326 e. The molecular formula is C8H14N4. The van der Waals surface area contributed by atoms with E-state index in [0.717, 1.165) is 13.1 Å². The second kappa shape index (κ2) is 2.88. The molecule has 2 atom stereocenters. The zero-order valence-electron chi connectivity index (χ0n) is 7.20. The van der Waals surface area contributed by atoms with Gasteiger partial charge in [0.2, 0.25) is 0 Å². The molecule has 0 bridgehead atoms. The van der Waals surface area contributed by atoms with E-state index in [1.165, 1.54) is 5.69 Å². The number of nitrogens with two attached hydrogens (primary N) is 1. The van der Waals surface area contributed by atoms with Crippen LogP contribution in [0.4, 0.5) is 0 Å². The summed E-state index contributed by atoms with van der Waals surface area (Å²) in [7, 11) is 1.96. The molecule has 66 valence electrons. The van der Waals surface area contributed by atoms with E-state index in [1.807, 2.05) is 24.0 Å². The van der Waals surface area contributed by atoms with E-state index in [9.17, 15) is 0 Å². The van der Waals surface area contributed by atoms with Crippen molar-refractivity contribution in [3.63, 3.8) is 0 Å². The molecule has 2 rings (SSSR count). The Morgan fingerprint density at radius 2 is 2.50 bits per heavy atom. The van der Waals surface area contributed by atoms with Gasteiger partial charge < -0.3 is 11.1 Å². The Balaban J connectivity index is 2.24. The Morgan fingerprint density at radius 1 is 1.67 bits per heavy atom. The molecule has 3 N–H and O–H groups in total. The molecule has 1 aromatic rings. The van der Waals surface area contributed by atoms with Crippen LogP contribution < -0.4 is 11.1 Å². The second-order valence-electron chi connectivity index (χ2n) is 3.31. The lowest BCUT2D eigenvalue weighted by atomic mass is 10.0. The molecule has 0 aromatic carbocycles. The van der Waals surface area contributed by atoms with Gasteiger partial charge in [-0.15, -0.1) is 0 Å². The minimum absolute atomic E-state index is 0.236. The van der Waals surface area contributed by atoms with Gasteiger partial charge in [-0.2, -0.15) is 5.10 Å². The summed E-state index contributed by atoms with van der Waals surface area (Å²) in [5.41, 5.74) is 7.16. The summed E-state index contributed by atoms with van der Waals surface area (Å²) in [4.78, 5) is 0. The number of hydrogen-bond acceptors (Lipinski definition) is 3. The normalized spacial score (nSPS) is 29.5. The molecular weight excluding hydrogens is 152 g/mol. The van der Waals surface area contributed by atoms with Gasteiger partial charge in [-0.1, -0.05) is 0 Å². The van der Waals surface area contributed by atoms with Crippen molar-refractivity contribution in [2.75, 3.05) is 13.1 Å². The van der Waals surface area contributed by atoms with Crippen LogP contribution in [0.1, 0.15) is 11.6 Å². The van der Waals surface area contributed by atoms with Gasteiger partial charge in [-0.3, -0.25) is 4.68 Å². The van der Waals surface area contributed by atoms with Gasteiger partial charge in [0, 0.05) is 44.0 Å². The van der Waals surface area contributed by atoms with Crippen LogP contribution in [0.2, 0.25) is 0 Å². The van der Waals surface area contributed by atoms with Crippen molar-refractivity contribution in [3.05, 3.63) is 18.0 Å². The topological polar surface area (TPSA) is 55.9 Å². The Hall–Kier alpha value is -0.870. The third-order valence-electron chi connectivity index (χ3n) is 2.50. The average Bonchev–Trinajstić information content (AvgIpc) is 2.59. The van der Waals surface area contributed by atoms with Gasteiger partial charge in [-0.05, 0) is 6.07 Å². The molecule has 0 unspecified atom stereocenters. The van der Waals surface area contributed by atoms with Crippen LogP contribution in [0.25, 0.3) is 0 Å². The predicted molar refractivity (Wildman–Crippen MR) is 46.8 cm³/mol. The average molecular weight is 166 g/mol. The maximum absolute atomic E-state index is 5.94. The molecule has 0 radical (unpaired) electrons. The maximum Gasteiger partial charge on any atom is 0.0492 e. The van der Waals surface area contributed by atoms with E-state index in [1.54, 1.807) is 0 Å². The van der Waals surface area contributed by atoms with Crippen LogP contribution >= 0.6 is 0 Å². The standard InChI is InChI=1S/C8H14N4/c1-12-8(2-3-11-12)6-4-10-5-7(6)9/h2-3,6-7,10H,4-5,9H2,1H3/t6-,7-/m1/s1. The lowest BCUT2D eigenvalue weighted by Gasteiger charge is -2.13. The molecule has 0 saturated carbocycles. The Kier molecular flexibility index (Phi) is 1.86. The van der Waals surface area contributed by atoms with E-state index in [2.05, 4.69) is 10.4 Å². The van der Waals surface area contributed by atoms with Gasteiger partial charge in [0.15, 0.2) is 0 Å². The first-order valence-electron chi connectivity index (χ1n) is 4.23. The minimum atomic E-state index is 0.236. The van der Waals surface area contributed by atoms with Crippen LogP contribution in [0.3, 0.4) is 0 Å². The Morgan fingerprint density at radius 3 is 3.00 bits per heavy atom. The zero-order chi connectivity index (χ0) is 8.55. The van der Waals surface area contributed by atoms with Crippen molar-refractivity contribution in [2.24, 2.45) is 12.8 Å². The van der Waals surface area contributed by atoms with Crippen molar-refractivity contribution in [3.8, 4) is 0 Å². The smallest absolute Gasteiger partial charge is 0.0492 e. The zero-order valence-corrected chi connectivity index (χ0v) is 7.20. The van der Waals surface area contributed by atoms with Gasteiger partial charge in [-0.25, -0.2) is 0 Å². The van der Waals surface area contributed by atoms with Gasteiger partial charge >= 0.3 is 0 Å².